The normalized spacial score (nSPS) is 18.4. The Labute approximate surface area is 174 Å². The summed E-state index contributed by atoms with van der Waals surface area (Å²) in [5.74, 6) is -0.879. The molecule has 0 bridgehead atoms. The van der Waals surface area contributed by atoms with Crippen molar-refractivity contribution in [1.82, 2.24) is 20.4 Å². The van der Waals surface area contributed by atoms with Gasteiger partial charge in [0.15, 0.2) is 0 Å². The molecule has 1 unspecified atom stereocenters. The predicted molar refractivity (Wildman–Crippen MR) is 104 cm³/mol. The van der Waals surface area contributed by atoms with Gasteiger partial charge in [-0.05, 0) is 43.2 Å². The highest BCUT2D eigenvalue weighted by atomic mass is 19.1. The molecule has 0 radical (unpaired) electrons. The summed E-state index contributed by atoms with van der Waals surface area (Å²) in [4.78, 5) is 40.8. The molecule has 10 nitrogen and oxygen atoms in total. The maximum atomic E-state index is 13.8. The number of carbonyl (C=O) groups excluding carboxylic acids is 2. The number of nitro benzene ring substituents is 1. The molecule has 31 heavy (non-hydrogen) atoms. The van der Waals surface area contributed by atoms with E-state index in [1.165, 1.54) is 37.3 Å². The number of carbonyl (C=O) groups is 2. The summed E-state index contributed by atoms with van der Waals surface area (Å²) in [5, 5.41) is 17.2. The second-order valence-corrected chi connectivity index (χ2v) is 7.23. The van der Waals surface area contributed by atoms with Crippen molar-refractivity contribution in [3.8, 4) is 11.4 Å². The van der Waals surface area contributed by atoms with Gasteiger partial charge in [-0.2, -0.15) is 4.98 Å². The van der Waals surface area contributed by atoms with Crippen LogP contribution in [0.5, 0.6) is 0 Å². The lowest BCUT2D eigenvalue weighted by atomic mass is 9.92. The van der Waals surface area contributed by atoms with Crippen LogP contribution in [0.3, 0.4) is 0 Å². The third-order valence-corrected chi connectivity index (χ3v) is 5.12. The molecule has 0 aliphatic carbocycles. The zero-order valence-corrected chi connectivity index (χ0v) is 16.5. The van der Waals surface area contributed by atoms with Crippen LogP contribution in [0.4, 0.5) is 14.9 Å². The summed E-state index contributed by atoms with van der Waals surface area (Å²) in [6.07, 6.45) is 0. The molecule has 1 N–H and O–H groups in total. The summed E-state index contributed by atoms with van der Waals surface area (Å²) in [5.41, 5.74) is -0.287. The van der Waals surface area contributed by atoms with E-state index in [0.717, 1.165) is 4.90 Å². The van der Waals surface area contributed by atoms with Gasteiger partial charge in [0.25, 0.3) is 11.6 Å². The number of aromatic nitrogens is 2. The SMILES string of the molecule is Cc1ccc(-c2noc(CN3C(=O)NC(C)(c4ccc([N+](=O)[O-])cc4)C3=O)n2)cc1F. The summed E-state index contributed by atoms with van der Waals surface area (Å²) in [7, 11) is 0. The highest BCUT2D eigenvalue weighted by molar-refractivity contribution is 6.07. The minimum absolute atomic E-state index is 0.00701. The van der Waals surface area contributed by atoms with E-state index in [9.17, 15) is 24.1 Å². The number of urea groups is 1. The number of aryl methyl sites for hydroxylation is 1. The Hall–Kier alpha value is -4.15. The fourth-order valence-electron chi connectivity index (χ4n) is 3.26. The smallest absolute Gasteiger partial charge is 0.325 e. The second-order valence-electron chi connectivity index (χ2n) is 7.23. The van der Waals surface area contributed by atoms with E-state index < -0.39 is 28.2 Å². The van der Waals surface area contributed by atoms with Gasteiger partial charge in [0.1, 0.15) is 17.9 Å². The minimum atomic E-state index is -1.41. The second kappa shape index (κ2) is 7.27. The highest BCUT2D eigenvalue weighted by Crippen LogP contribution is 2.31. The zero-order chi connectivity index (χ0) is 22.3. The van der Waals surface area contributed by atoms with E-state index >= 15 is 0 Å². The molecule has 0 saturated carbocycles. The number of benzene rings is 2. The van der Waals surface area contributed by atoms with E-state index in [4.69, 9.17) is 4.52 Å². The standard InChI is InChI=1S/C20H16FN5O5/c1-11-3-4-12(9-15(11)21)17-22-16(31-24-17)10-25-18(27)20(2,23-19(25)28)13-5-7-14(8-6-13)26(29)30/h3-9H,10H2,1-2H3,(H,23,28). The van der Waals surface area contributed by atoms with Crippen LogP contribution in [0.15, 0.2) is 47.0 Å². The molecule has 1 saturated heterocycles. The van der Waals surface area contributed by atoms with Crippen LogP contribution in [0.25, 0.3) is 11.4 Å². The first-order valence-electron chi connectivity index (χ1n) is 9.17. The Kier molecular flexibility index (Phi) is 4.72. The van der Waals surface area contributed by atoms with Crippen molar-refractivity contribution in [3.05, 3.63) is 75.4 Å². The molecule has 3 aromatic rings. The van der Waals surface area contributed by atoms with Crippen LogP contribution in [0, 0.1) is 22.9 Å². The van der Waals surface area contributed by atoms with Crippen LogP contribution in [-0.4, -0.2) is 31.9 Å². The van der Waals surface area contributed by atoms with E-state index in [0.29, 0.717) is 16.7 Å². The van der Waals surface area contributed by atoms with Crippen LogP contribution >= 0.6 is 0 Å². The molecule has 0 spiro atoms. The number of nitrogens with one attached hydrogen (secondary N) is 1. The number of rotatable bonds is 5. The van der Waals surface area contributed by atoms with Gasteiger partial charge < -0.3 is 9.84 Å². The maximum Gasteiger partial charge on any atom is 0.325 e. The van der Waals surface area contributed by atoms with Crippen molar-refractivity contribution < 1.29 is 23.4 Å². The van der Waals surface area contributed by atoms with Gasteiger partial charge >= 0.3 is 6.03 Å². The van der Waals surface area contributed by atoms with Gasteiger partial charge in [0, 0.05) is 17.7 Å². The van der Waals surface area contributed by atoms with E-state index in [-0.39, 0.29) is 23.9 Å². The van der Waals surface area contributed by atoms with Crippen molar-refractivity contribution >= 4 is 17.6 Å². The third kappa shape index (κ3) is 3.50. The Bertz CT molecular complexity index is 1210. The first-order valence-corrected chi connectivity index (χ1v) is 9.17. The average Bonchev–Trinajstić information content (AvgIpc) is 3.29. The van der Waals surface area contributed by atoms with Gasteiger partial charge in [0.05, 0.1) is 4.92 Å². The zero-order valence-electron chi connectivity index (χ0n) is 16.5. The lowest BCUT2D eigenvalue weighted by molar-refractivity contribution is -0.384. The molecule has 1 fully saturated rings. The number of halogens is 1. The number of hydrogen-bond acceptors (Lipinski definition) is 7. The van der Waals surface area contributed by atoms with Gasteiger partial charge in [-0.25, -0.2) is 9.18 Å². The quantitative estimate of drug-likeness (QED) is 0.377. The van der Waals surface area contributed by atoms with Crippen molar-refractivity contribution in [3.63, 3.8) is 0 Å². The fraction of sp³-hybridized carbons (Fsp3) is 0.200. The monoisotopic (exact) mass is 425 g/mol. The van der Waals surface area contributed by atoms with Gasteiger partial charge in [-0.15, -0.1) is 0 Å². The molecule has 1 aliphatic rings. The van der Waals surface area contributed by atoms with E-state index in [2.05, 4.69) is 15.5 Å². The lowest BCUT2D eigenvalue weighted by Crippen LogP contribution is -2.40. The first-order chi connectivity index (χ1) is 14.7. The topological polar surface area (TPSA) is 131 Å². The van der Waals surface area contributed by atoms with Crippen LogP contribution in [-0.2, 0) is 16.9 Å². The molecule has 158 valence electrons. The number of imide groups is 1. The summed E-state index contributed by atoms with van der Waals surface area (Å²) in [6, 6.07) is 9.14. The van der Waals surface area contributed by atoms with Crippen LogP contribution in [0.2, 0.25) is 0 Å². The Morgan fingerprint density at radius 2 is 1.94 bits per heavy atom. The van der Waals surface area contributed by atoms with Gasteiger partial charge in [0.2, 0.25) is 11.7 Å². The summed E-state index contributed by atoms with van der Waals surface area (Å²) < 4.78 is 18.9. The molecule has 2 aromatic carbocycles. The molecule has 1 aromatic heterocycles. The minimum Gasteiger partial charge on any atom is -0.337 e. The van der Waals surface area contributed by atoms with Crippen molar-refractivity contribution in [2.24, 2.45) is 0 Å². The van der Waals surface area contributed by atoms with Crippen molar-refractivity contribution in [2.75, 3.05) is 0 Å². The average molecular weight is 425 g/mol. The fourth-order valence-corrected chi connectivity index (χ4v) is 3.26. The first kappa shape index (κ1) is 20.1. The Morgan fingerprint density at radius 1 is 1.23 bits per heavy atom. The summed E-state index contributed by atoms with van der Waals surface area (Å²) >= 11 is 0. The molecule has 1 atom stereocenters. The number of amides is 3. The van der Waals surface area contributed by atoms with Crippen LogP contribution < -0.4 is 5.32 Å². The molecular formula is C20H16FN5O5. The molecule has 2 heterocycles. The Balaban J connectivity index is 1.55. The molecular weight excluding hydrogens is 409 g/mol. The van der Waals surface area contributed by atoms with Gasteiger partial charge in [-0.1, -0.05) is 17.3 Å². The number of nitrogens with zero attached hydrogens (tertiary/aromatic N) is 4. The number of hydrogen-bond donors (Lipinski definition) is 1. The number of non-ortho nitro benzene ring substituents is 1. The summed E-state index contributed by atoms with van der Waals surface area (Å²) in [6.45, 7) is 2.84. The van der Waals surface area contributed by atoms with Crippen molar-refractivity contribution in [2.45, 2.75) is 25.9 Å². The third-order valence-electron chi connectivity index (χ3n) is 5.12. The van der Waals surface area contributed by atoms with Crippen LogP contribution in [0.1, 0.15) is 23.9 Å². The molecule has 1 aliphatic heterocycles. The predicted octanol–water partition coefficient (Wildman–Crippen LogP) is 3.06. The Morgan fingerprint density at radius 3 is 2.58 bits per heavy atom. The molecule has 3 amide bonds. The lowest BCUT2D eigenvalue weighted by Gasteiger charge is -2.21. The maximum absolute atomic E-state index is 13.8. The molecule has 11 heteroatoms. The highest BCUT2D eigenvalue weighted by Gasteiger charge is 2.49. The van der Waals surface area contributed by atoms with E-state index in [1.807, 2.05) is 0 Å². The van der Waals surface area contributed by atoms with Gasteiger partial charge in [-0.3, -0.25) is 19.8 Å². The number of nitro groups is 1. The van der Waals surface area contributed by atoms with E-state index in [1.54, 1.807) is 19.1 Å². The molecule has 4 rings (SSSR count). The van der Waals surface area contributed by atoms with Crippen molar-refractivity contribution in [1.29, 1.82) is 0 Å². The largest absolute Gasteiger partial charge is 0.337 e.